The van der Waals surface area contributed by atoms with E-state index in [1.165, 1.54) is 0 Å². The van der Waals surface area contributed by atoms with Gasteiger partial charge in [-0.25, -0.2) is 0 Å². The summed E-state index contributed by atoms with van der Waals surface area (Å²) in [6, 6.07) is 20.5. The maximum atomic E-state index is 10.2. The molecule has 0 fully saturated rings. The van der Waals surface area contributed by atoms with E-state index in [4.69, 9.17) is 5.73 Å². The third-order valence-corrected chi connectivity index (χ3v) is 6.01. The van der Waals surface area contributed by atoms with E-state index < -0.39 is 11.3 Å². The van der Waals surface area contributed by atoms with Gasteiger partial charge in [0.2, 0.25) is 0 Å². The first kappa shape index (κ1) is 17.8. The van der Waals surface area contributed by atoms with Gasteiger partial charge in [-0.05, 0) is 29.0 Å². The van der Waals surface area contributed by atoms with Crippen LogP contribution in [-0.4, -0.2) is 25.0 Å². The van der Waals surface area contributed by atoms with Gasteiger partial charge < -0.3 is 10.6 Å². The summed E-state index contributed by atoms with van der Waals surface area (Å²) in [6.07, 6.45) is 2.01. The van der Waals surface area contributed by atoms with Crippen molar-refractivity contribution >= 4 is 10.8 Å². The summed E-state index contributed by atoms with van der Waals surface area (Å²) in [5.74, 6) is -0.620. The van der Waals surface area contributed by atoms with Crippen LogP contribution in [-0.2, 0) is 0 Å². The molecule has 0 saturated heterocycles. The molecule has 0 amide bonds. The highest BCUT2D eigenvalue weighted by molar-refractivity contribution is 5.87. The van der Waals surface area contributed by atoms with Gasteiger partial charge in [-0.2, -0.15) is 15.8 Å². The van der Waals surface area contributed by atoms with Crippen molar-refractivity contribution in [3.05, 3.63) is 70.9 Å². The van der Waals surface area contributed by atoms with Gasteiger partial charge in [0.25, 0.3) is 0 Å². The van der Waals surface area contributed by atoms with Crippen LogP contribution < -0.4 is 5.73 Å². The van der Waals surface area contributed by atoms with Crippen molar-refractivity contribution in [3.8, 4) is 18.2 Å². The van der Waals surface area contributed by atoms with Gasteiger partial charge in [0, 0.05) is 24.9 Å². The first-order valence-corrected chi connectivity index (χ1v) is 9.17. The van der Waals surface area contributed by atoms with Gasteiger partial charge in [-0.15, -0.1) is 0 Å². The number of fused-ring (bicyclic) bond motifs is 2. The molecular formula is C23H19N5. The smallest absolute Gasteiger partial charge is 0.191 e. The first-order chi connectivity index (χ1) is 13.6. The molecule has 28 heavy (non-hydrogen) atoms. The molecule has 0 spiro atoms. The van der Waals surface area contributed by atoms with Crippen LogP contribution in [0.4, 0.5) is 0 Å². The minimum Gasteiger partial charge on any atom is -0.399 e. The zero-order valence-corrected chi connectivity index (χ0v) is 15.6. The molecule has 1 aliphatic heterocycles. The minimum atomic E-state index is -1.59. The Labute approximate surface area is 164 Å². The Morgan fingerprint density at radius 3 is 2.50 bits per heavy atom. The largest absolute Gasteiger partial charge is 0.399 e. The van der Waals surface area contributed by atoms with Crippen molar-refractivity contribution in [3.63, 3.8) is 0 Å². The van der Waals surface area contributed by atoms with Crippen LogP contribution in [0, 0.1) is 45.3 Å². The first-order valence-electron chi connectivity index (χ1n) is 9.17. The minimum absolute atomic E-state index is 0.0741. The van der Waals surface area contributed by atoms with Crippen molar-refractivity contribution in [2.45, 2.75) is 5.92 Å². The molecule has 4 rings (SSSR count). The van der Waals surface area contributed by atoms with E-state index >= 15 is 0 Å². The van der Waals surface area contributed by atoms with Gasteiger partial charge in [0.1, 0.15) is 6.07 Å². The number of benzene rings is 2. The van der Waals surface area contributed by atoms with Crippen LogP contribution in [0.25, 0.3) is 10.8 Å². The van der Waals surface area contributed by atoms with E-state index in [0.29, 0.717) is 13.1 Å². The fourth-order valence-electron chi connectivity index (χ4n) is 4.69. The van der Waals surface area contributed by atoms with E-state index in [9.17, 15) is 15.8 Å². The van der Waals surface area contributed by atoms with Crippen molar-refractivity contribution in [1.29, 1.82) is 15.8 Å². The van der Waals surface area contributed by atoms with Crippen LogP contribution in [0.3, 0.4) is 0 Å². The van der Waals surface area contributed by atoms with E-state index in [2.05, 4.69) is 23.1 Å². The highest BCUT2D eigenvalue weighted by Gasteiger charge is 2.54. The number of nitriles is 3. The predicted molar refractivity (Wildman–Crippen MR) is 106 cm³/mol. The Kier molecular flexibility index (Phi) is 4.16. The van der Waals surface area contributed by atoms with E-state index in [1.54, 1.807) is 0 Å². The summed E-state index contributed by atoms with van der Waals surface area (Å²) in [5, 5.41) is 32.1. The second-order valence-corrected chi connectivity index (χ2v) is 7.47. The van der Waals surface area contributed by atoms with Crippen LogP contribution in [0.5, 0.6) is 0 Å². The molecule has 2 aliphatic rings. The fraction of sp³-hybridized carbons (Fsp3) is 0.261. The highest BCUT2D eigenvalue weighted by Crippen LogP contribution is 2.55. The molecule has 2 aromatic carbocycles. The number of nitrogens with two attached hydrogens (primary N) is 1. The van der Waals surface area contributed by atoms with Gasteiger partial charge in [-0.3, -0.25) is 0 Å². The Balaban J connectivity index is 2.09. The molecule has 2 aromatic rings. The molecule has 0 bridgehead atoms. The van der Waals surface area contributed by atoms with E-state index in [1.807, 2.05) is 55.6 Å². The Morgan fingerprint density at radius 1 is 1.07 bits per heavy atom. The van der Waals surface area contributed by atoms with Gasteiger partial charge >= 0.3 is 0 Å². The topological polar surface area (TPSA) is 101 Å². The Morgan fingerprint density at radius 2 is 1.79 bits per heavy atom. The molecular weight excluding hydrogens is 346 g/mol. The molecule has 0 aromatic heterocycles. The number of nitrogens with zero attached hydrogens (tertiary/aromatic N) is 4. The summed E-state index contributed by atoms with van der Waals surface area (Å²) < 4.78 is 0. The third kappa shape index (κ3) is 2.33. The number of rotatable bonds is 1. The Hall–Kier alpha value is -3.59. The van der Waals surface area contributed by atoms with Gasteiger partial charge in [-0.1, -0.05) is 48.5 Å². The monoisotopic (exact) mass is 365 g/mol. The number of hydrogen-bond donors (Lipinski definition) is 1. The van der Waals surface area contributed by atoms with Crippen LogP contribution in [0.2, 0.25) is 0 Å². The molecule has 5 nitrogen and oxygen atoms in total. The van der Waals surface area contributed by atoms with Crippen molar-refractivity contribution in [1.82, 2.24) is 4.90 Å². The number of hydrogen-bond acceptors (Lipinski definition) is 5. The maximum Gasteiger partial charge on any atom is 0.191 e. The normalized spacial score (nSPS) is 23.9. The molecule has 1 heterocycles. The van der Waals surface area contributed by atoms with Crippen LogP contribution in [0.1, 0.15) is 11.5 Å². The summed E-state index contributed by atoms with van der Waals surface area (Å²) in [4.78, 5) is 2.14. The third-order valence-electron chi connectivity index (χ3n) is 6.01. The zero-order valence-electron chi connectivity index (χ0n) is 15.6. The molecule has 2 atom stereocenters. The molecule has 0 saturated carbocycles. The van der Waals surface area contributed by atoms with Crippen LogP contribution in [0.15, 0.2) is 65.4 Å². The number of allylic oxidation sites excluding steroid dienone is 2. The maximum absolute atomic E-state index is 10.2. The predicted octanol–water partition coefficient (Wildman–Crippen LogP) is 3.19. The lowest BCUT2D eigenvalue weighted by molar-refractivity contribution is 0.238. The van der Waals surface area contributed by atoms with Crippen LogP contribution >= 0.6 is 0 Å². The van der Waals surface area contributed by atoms with Crippen molar-refractivity contribution in [2.24, 2.45) is 17.1 Å². The molecule has 5 heteroatoms. The number of likely N-dealkylation sites (N-methyl/N-ethyl adjacent to an activating group) is 1. The van der Waals surface area contributed by atoms with E-state index in [0.717, 1.165) is 21.9 Å². The molecule has 0 radical (unpaired) electrons. The average molecular weight is 365 g/mol. The lowest BCUT2D eigenvalue weighted by Crippen LogP contribution is -2.47. The molecule has 136 valence electrons. The Bertz CT molecular complexity index is 1130. The summed E-state index contributed by atoms with van der Waals surface area (Å²) in [6.45, 7) is 1.36. The second kappa shape index (κ2) is 6.54. The lowest BCUT2D eigenvalue weighted by atomic mass is 9.57. The molecule has 0 unspecified atom stereocenters. The van der Waals surface area contributed by atoms with Gasteiger partial charge in [0.15, 0.2) is 5.41 Å². The zero-order chi connectivity index (χ0) is 19.9. The fourth-order valence-corrected chi connectivity index (χ4v) is 4.69. The van der Waals surface area contributed by atoms with Gasteiger partial charge in [0.05, 0.1) is 23.4 Å². The highest BCUT2D eigenvalue weighted by atomic mass is 15.1. The van der Waals surface area contributed by atoms with Crippen molar-refractivity contribution < 1.29 is 0 Å². The summed E-state index contributed by atoms with van der Waals surface area (Å²) >= 11 is 0. The quantitative estimate of drug-likeness (QED) is 0.836. The average Bonchev–Trinajstić information content (AvgIpc) is 2.73. The van der Waals surface area contributed by atoms with E-state index in [-0.39, 0.29) is 17.2 Å². The van der Waals surface area contributed by atoms with Crippen molar-refractivity contribution in [2.75, 3.05) is 20.1 Å². The molecule has 2 N–H and O–H groups in total. The summed E-state index contributed by atoms with van der Waals surface area (Å²) in [7, 11) is 2.00. The summed E-state index contributed by atoms with van der Waals surface area (Å²) in [5.41, 5.74) is 6.92. The molecule has 1 aliphatic carbocycles. The second-order valence-electron chi connectivity index (χ2n) is 7.47. The lowest BCUT2D eigenvalue weighted by Gasteiger charge is -2.45. The SMILES string of the molecule is CN1CC=C2C(C#N)=C(N)C(C#N)(C#N)[C@@H](c3cccc4ccccc34)[C@@H]2C1. The standard InChI is InChI=1S/C23H19N5/c1-28-10-9-17-19(11-24)22(27)23(13-25,14-26)21(20(17)12-28)18-8-4-6-15-5-2-3-7-16(15)18/h2-9,20-21H,10,12,27H2,1H3/t20-,21+/m1/s1.